The summed E-state index contributed by atoms with van der Waals surface area (Å²) in [4.78, 5) is 12.9. The number of aryl methyl sites for hydroxylation is 1. The van der Waals surface area contributed by atoms with Gasteiger partial charge in [0.15, 0.2) is 11.5 Å². The summed E-state index contributed by atoms with van der Waals surface area (Å²) < 4.78 is 13.1. The molecule has 3 aromatic rings. The third-order valence-corrected chi connectivity index (χ3v) is 5.86. The van der Waals surface area contributed by atoms with E-state index < -0.39 is 0 Å². The zero-order valence-electron chi connectivity index (χ0n) is 19.1. The quantitative estimate of drug-likeness (QED) is 0.420. The number of rotatable bonds is 11. The number of benzene rings is 2. The van der Waals surface area contributed by atoms with E-state index in [-0.39, 0.29) is 11.8 Å². The number of fused-ring (bicyclic) bond motifs is 1. The van der Waals surface area contributed by atoms with Crippen molar-refractivity contribution >= 4 is 16.8 Å². The molecule has 0 spiro atoms. The van der Waals surface area contributed by atoms with Crippen molar-refractivity contribution in [3.8, 4) is 11.5 Å². The molecule has 5 heteroatoms. The number of hydrogen-bond acceptors (Lipinski definition) is 3. The third-order valence-electron chi connectivity index (χ3n) is 5.86. The van der Waals surface area contributed by atoms with E-state index in [1.54, 1.807) is 14.2 Å². The molecule has 0 bridgehead atoms. The number of nitrogens with one attached hydrogen (secondary N) is 1. The fourth-order valence-corrected chi connectivity index (χ4v) is 4.16. The maximum atomic E-state index is 12.9. The van der Waals surface area contributed by atoms with Gasteiger partial charge in [-0.25, -0.2) is 0 Å². The molecule has 0 saturated heterocycles. The molecule has 3 rings (SSSR count). The molecule has 1 amide bonds. The Bertz CT molecular complexity index is 1010. The smallest absolute Gasteiger partial charge is 0.220 e. The van der Waals surface area contributed by atoms with Gasteiger partial charge in [0, 0.05) is 43.0 Å². The lowest BCUT2D eigenvalue weighted by Crippen LogP contribution is -2.26. The molecule has 1 aromatic heterocycles. The molecule has 0 unspecified atom stereocenters. The second kappa shape index (κ2) is 10.9. The largest absolute Gasteiger partial charge is 0.493 e. The van der Waals surface area contributed by atoms with Gasteiger partial charge in [-0.15, -0.1) is 0 Å². The first-order valence-electron chi connectivity index (χ1n) is 11.1. The van der Waals surface area contributed by atoms with Crippen LogP contribution in [-0.2, 0) is 11.8 Å². The van der Waals surface area contributed by atoms with Crippen LogP contribution in [0, 0.1) is 0 Å². The minimum absolute atomic E-state index is 0.0733. The molecular weight excluding hydrogens is 388 g/mol. The van der Waals surface area contributed by atoms with E-state index in [9.17, 15) is 4.79 Å². The number of methoxy groups -OCH3 is 2. The SMILES string of the molecule is CCCCCCNC(=O)C[C@@H](c1ccc(OC)c(OC)c1)c1cn(C)c2ccccc12. The molecule has 0 aliphatic heterocycles. The molecule has 31 heavy (non-hydrogen) atoms. The molecule has 166 valence electrons. The molecule has 1 heterocycles. The van der Waals surface area contributed by atoms with Gasteiger partial charge in [-0.1, -0.05) is 50.5 Å². The third kappa shape index (κ3) is 5.40. The first-order chi connectivity index (χ1) is 15.1. The first kappa shape index (κ1) is 22.7. The molecule has 0 aliphatic carbocycles. The van der Waals surface area contributed by atoms with Gasteiger partial charge >= 0.3 is 0 Å². The fourth-order valence-electron chi connectivity index (χ4n) is 4.16. The average molecular weight is 423 g/mol. The molecule has 2 aromatic carbocycles. The predicted octanol–water partition coefficient (Wildman–Crippen LogP) is 5.41. The van der Waals surface area contributed by atoms with E-state index in [1.807, 2.05) is 37.4 Å². The molecule has 0 fully saturated rings. The van der Waals surface area contributed by atoms with Crippen molar-refractivity contribution in [3.63, 3.8) is 0 Å². The number of carbonyl (C=O) groups excluding carboxylic acids is 1. The van der Waals surface area contributed by atoms with Crippen LogP contribution in [0.5, 0.6) is 11.5 Å². The van der Waals surface area contributed by atoms with Crippen molar-refractivity contribution in [3.05, 3.63) is 59.8 Å². The average Bonchev–Trinajstić information content (AvgIpc) is 3.13. The van der Waals surface area contributed by atoms with Crippen molar-refractivity contribution in [2.75, 3.05) is 20.8 Å². The van der Waals surface area contributed by atoms with Crippen LogP contribution < -0.4 is 14.8 Å². The van der Waals surface area contributed by atoms with Gasteiger partial charge in [0.25, 0.3) is 0 Å². The van der Waals surface area contributed by atoms with Crippen LogP contribution in [0.1, 0.15) is 56.1 Å². The first-order valence-corrected chi connectivity index (χ1v) is 11.1. The van der Waals surface area contributed by atoms with Crippen LogP contribution in [0.2, 0.25) is 0 Å². The summed E-state index contributed by atoms with van der Waals surface area (Å²) in [5.41, 5.74) is 3.34. The second-order valence-electron chi connectivity index (χ2n) is 7.99. The summed E-state index contributed by atoms with van der Waals surface area (Å²) in [7, 11) is 5.31. The standard InChI is InChI=1S/C26H34N2O3/c1-5-6-7-10-15-27-26(29)17-21(19-13-14-24(30-3)25(16-19)31-4)22-18-28(2)23-12-9-8-11-20(22)23/h8-9,11-14,16,18,21H,5-7,10,15,17H2,1-4H3,(H,27,29)/t21-/m0/s1. The van der Waals surface area contributed by atoms with Crippen molar-refractivity contribution in [1.82, 2.24) is 9.88 Å². The van der Waals surface area contributed by atoms with E-state index in [0.717, 1.165) is 36.0 Å². The van der Waals surface area contributed by atoms with Gasteiger partial charge in [0.1, 0.15) is 0 Å². The van der Waals surface area contributed by atoms with Gasteiger partial charge in [-0.3, -0.25) is 4.79 Å². The van der Waals surface area contributed by atoms with Crippen LogP contribution in [-0.4, -0.2) is 31.2 Å². The fraction of sp³-hybridized carbons (Fsp3) is 0.423. The number of unbranched alkanes of at least 4 members (excludes halogenated alkanes) is 3. The van der Waals surface area contributed by atoms with Crippen LogP contribution in [0.25, 0.3) is 10.9 Å². The molecule has 1 atom stereocenters. The number of amides is 1. The molecular formula is C26H34N2O3. The van der Waals surface area contributed by atoms with E-state index in [1.165, 1.54) is 18.2 Å². The maximum Gasteiger partial charge on any atom is 0.220 e. The van der Waals surface area contributed by atoms with Gasteiger partial charge < -0.3 is 19.4 Å². The zero-order chi connectivity index (χ0) is 22.2. The molecule has 0 saturated carbocycles. The predicted molar refractivity (Wildman–Crippen MR) is 126 cm³/mol. The summed E-state index contributed by atoms with van der Waals surface area (Å²) in [6.45, 7) is 2.92. The molecule has 0 radical (unpaired) electrons. The Morgan fingerprint density at radius 1 is 1.03 bits per heavy atom. The summed E-state index contributed by atoms with van der Waals surface area (Å²) >= 11 is 0. The summed E-state index contributed by atoms with van der Waals surface area (Å²) in [6, 6.07) is 14.3. The summed E-state index contributed by atoms with van der Waals surface area (Å²) in [5, 5.41) is 4.28. The highest BCUT2D eigenvalue weighted by atomic mass is 16.5. The Hall–Kier alpha value is -2.95. The number of ether oxygens (including phenoxy) is 2. The highest BCUT2D eigenvalue weighted by Gasteiger charge is 2.23. The van der Waals surface area contributed by atoms with Crippen molar-refractivity contribution in [1.29, 1.82) is 0 Å². The Morgan fingerprint density at radius 2 is 1.81 bits per heavy atom. The van der Waals surface area contributed by atoms with Crippen molar-refractivity contribution in [2.24, 2.45) is 7.05 Å². The highest BCUT2D eigenvalue weighted by molar-refractivity contribution is 5.86. The number of para-hydroxylation sites is 1. The normalized spacial score (nSPS) is 12.0. The van der Waals surface area contributed by atoms with E-state index in [4.69, 9.17) is 9.47 Å². The van der Waals surface area contributed by atoms with Gasteiger partial charge in [-0.05, 0) is 35.7 Å². The lowest BCUT2D eigenvalue weighted by Gasteiger charge is -2.19. The highest BCUT2D eigenvalue weighted by Crippen LogP contribution is 2.38. The lowest BCUT2D eigenvalue weighted by atomic mass is 9.87. The van der Waals surface area contributed by atoms with E-state index in [0.29, 0.717) is 17.9 Å². The van der Waals surface area contributed by atoms with Crippen LogP contribution in [0.15, 0.2) is 48.7 Å². The lowest BCUT2D eigenvalue weighted by molar-refractivity contribution is -0.121. The number of hydrogen-bond donors (Lipinski definition) is 1. The Morgan fingerprint density at radius 3 is 2.55 bits per heavy atom. The minimum atomic E-state index is -0.0819. The summed E-state index contributed by atoms with van der Waals surface area (Å²) in [6.07, 6.45) is 7.10. The number of aromatic nitrogens is 1. The van der Waals surface area contributed by atoms with Crippen molar-refractivity contribution in [2.45, 2.75) is 44.9 Å². The van der Waals surface area contributed by atoms with Crippen LogP contribution in [0.3, 0.4) is 0 Å². The Labute approximate surface area is 185 Å². The Balaban J connectivity index is 1.92. The van der Waals surface area contributed by atoms with Gasteiger partial charge in [-0.2, -0.15) is 0 Å². The van der Waals surface area contributed by atoms with E-state index in [2.05, 4.69) is 35.1 Å². The monoisotopic (exact) mass is 422 g/mol. The van der Waals surface area contributed by atoms with Crippen LogP contribution in [0.4, 0.5) is 0 Å². The minimum Gasteiger partial charge on any atom is -0.493 e. The van der Waals surface area contributed by atoms with Gasteiger partial charge in [0.05, 0.1) is 14.2 Å². The molecule has 0 aliphatic rings. The molecule has 1 N–H and O–H groups in total. The number of nitrogens with zero attached hydrogens (tertiary/aromatic N) is 1. The molecule has 5 nitrogen and oxygen atoms in total. The number of carbonyl (C=O) groups is 1. The Kier molecular flexibility index (Phi) is 7.99. The second-order valence-corrected chi connectivity index (χ2v) is 7.99. The van der Waals surface area contributed by atoms with E-state index >= 15 is 0 Å². The zero-order valence-corrected chi connectivity index (χ0v) is 19.1. The summed E-state index contributed by atoms with van der Waals surface area (Å²) in [5.74, 6) is 1.35. The van der Waals surface area contributed by atoms with Crippen molar-refractivity contribution < 1.29 is 14.3 Å². The van der Waals surface area contributed by atoms with Gasteiger partial charge in [0.2, 0.25) is 5.91 Å². The van der Waals surface area contributed by atoms with Crippen LogP contribution >= 0.6 is 0 Å². The maximum absolute atomic E-state index is 12.9. The topological polar surface area (TPSA) is 52.5 Å².